The Morgan fingerprint density at radius 2 is 2.13 bits per heavy atom. The van der Waals surface area contributed by atoms with E-state index in [1.165, 1.54) is 24.4 Å². The van der Waals surface area contributed by atoms with Gasteiger partial charge in [0.2, 0.25) is 0 Å². The second kappa shape index (κ2) is 7.12. The molecule has 0 unspecified atom stereocenters. The van der Waals surface area contributed by atoms with Crippen LogP contribution >= 0.6 is 23.8 Å². The highest BCUT2D eigenvalue weighted by molar-refractivity contribution is 7.80. The topological polar surface area (TPSA) is 97.2 Å². The predicted molar refractivity (Wildman–Crippen MR) is 90.8 cm³/mol. The standard InChI is InChI=1S/C14H11ClN4O3S/c1-8-4-5-9(7-11(8)19(21)22)13(20)18-14(23)17-10-3-2-6-16-12(10)15/h2-7H,1H3,(H2,17,18,20,23). The number of carbonyl (C=O) groups excluding carboxylic acids is 1. The van der Waals surface area contributed by atoms with Crippen molar-refractivity contribution in [2.75, 3.05) is 5.32 Å². The van der Waals surface area contributed by atoms with Gasteiger partial charge in [0.15, 0.2) is 10.3 Å². The number of carbonyl (C=O) groups is 1. The van der Waals surface area contributed by atoms with Gasteiger partial charge in [-0.2, -0.15) is 0 Å². The molecular weight excluding hydrogens is 340 g/mol. The first-order valence-corrected chi connectivity index (χ1v) is 7.15. The molecule has 2 aromatic rings. The monoisotopic (exact) mass is 350 g/mol. The average Bonchev–Trinajstić information content (AvgIpc) is 2.49. The molecule has 23 heavy (non-hydrogen) atoms. The fourth-order valence-electron chi connectivity index (χ4n) is 1.76. The van der Waals surface area contributed by atoms with Gasteiger partial charge in [-0.1, -0.05) is 17.7 Å². The van der Waals surface area contributed by atoms with Crippen LogP contribution in [0.2, 0.25) is 5.15 Å². The van der Waals surface area contributed by atoms with E-state index in [1.54, 1.807) is 19.1 Å². The summed E-state index contributed by atoms with van der Waals surface area (Å²) in [5, 5.41) is 16.3. The van der Waals surface area contributed by atoms with Gasteiger partial charge in [-0.25, -0.2) is 4.98 Å². The minimum absolute atomic E-state index is 0.00753. The zero-order chi connectivity index (χ0) is 17.0. The number of aromatic nitrogens is 1. The summed E-state index contributed by atoms with van der Waals surface area (Å²) in [7, 11) is 0. The molecule has 1 amide bonds. The van der Waals surface area contributed by atoms with E-state index >= 15 is 0 Å². The van der Waals surface area contributed by atoms with E-state index < -0.39 is 10.8 Å². The largest absolute Gasteiger partial charge is 0.330 e. The van der Waals surface area contributed by atoms with Crippen molar-refractivity contribution in [3.05, 3.63) is 62.9 Å². The van der Waals surface area contributed by atoms with Crippen molar-refractivity contribution >= 4 is 46.2 Å². The third-order valence-electron chi connectivity index (χ3n) is 2.90. The lowest BCUT2D eigenvalue weighted by Crippen LogP contribution is -2.34. The predicted octanol–water partition coefficient (Wildman–Crippen LogP) is 3.08. The fourth-order valence-corrected chi connectivity index (χ4v) is 2.12. The number of benzene rings is 1. The Labute approximate surface area is 141 Å². The normalized spacial score (nSPS) is 10.0. The highest BCUT2D eigenvalue weighted by atomic mass is 35.5. The number of nitro benzene ring substituents is 1. The van der Waals surface area contributed by atoms with Crippen molar-refractivity contribution in [1.29, 1.82) is 0 Å². The molecular formula is C14H11ClN4O3S. The number of halogens is 1. The van der Waals surface area contributed by atoms with Crippen molar-refractivity contribution in [2.45, 2.75) is 6.92 Å². The molecule has 1 aromatic carbocycles. The second-order valence-corrected chi connectivity index (χ2v) is 5.27. The van der Waals surface area contributed by atoms with Crippen LogP contribution in [0.4, 0.5) is 11.4 Å². The Morgan fingerprint density at radius 1 is 1.39 bits per heavy atom. The van der Waals surface area contributed by atoms with Gasteiger partial charge in [0, 0.05) is 23.4 Å². The number of rotatable bonds is 3. The maximum Gasteiger partial charge on any atom is 0.273 e. The molecule has 2 N–H and O–H groups in total. The van der Waals surface area contributed by atoms with Gasteiger partial charge in [-0.05, 0) is 37.3 Å². The molecule has 0 bridgehead atoms. The van der Waals surface area contributed by atoms with E-state index in [0.717, 1.165) is 0 Å². The Bertz CT molecular complexity index is 797. The van der Waals surface area contributed by atoms with Crippen LogP contribution in [0.25, 0.3) is 0 Å². The van der Waals surface area contributed by atoms with Crippen LogP contribution in [-0.4, -0.2) is 20.9 Å². The highest BCUT2D eigenvalue weighted by Crippen LogP contribution is 2.20. The van der Waals surface area contributed by atoms with E-state index in [1.807, 2.05) is 0 Å². The molecule has 0 fully saturated rings. The van der Waals surface area contributed by atoms with Crippen molar-refractivity contribution in [1.82, 2.24) is 10.3 Å². The third kappa shape index (κ3) is 4.21. The van der Waals surface area contributed by atoms with Gasteiger partial charge in [0.05, 0.1) is 10.6 Å². The highest BCUT2D eigenvalue weighted by Gasteiger charge is 2.16. The first-order valence-electron chi connectivity index (χ1n) is 6.36. The van der Waals surface area contributed by atoms with Crippen LogP contribution in [0.1, 0.15) is 15.9 Å². The van der Waals surface area contributed by atoms with Gasteiger partial charge in [0.1, 0.15) is 0 Å². The van der Waals surface area contributed by atoms with Gasteiger partial charge in [0.25, 0.3) is 11.6 Å². The number of pyridine rings is 1. The number of nitrogens with zero attached hydrogens (tertiary/aromatic N) is 2. The first kappa shape index (κ1) is 16.8. The van der Waals surface area contributed by atoms with E-state index in [-0.39, 0.29) is 21.5 Å². The lowest BCUT2D eigenvalue weighted by Gasteiger charge is -2.10. The lowest BCUT2D eigenvalue weighted by molar-refractivity contribution is -0.385. The summed E-state index contributed by atoms with van der Waals surface area (Å²) in [6.07, 6.45) is 1.51. The second-order valence-electron chi connectivity index (χ2n) is 4.51. The van der Waals surface area contributed by atoms with Gasteiger partial charge in [-0.3, -0.25) is 20.2 Å². The van der Waals surface area contributed by atoms with Crippen LogP contribution in [-0.2, 0) is 0 Å². The van der Waals surface area contributed by atoms with E-state index in [0.29, 0.717) is 11.3 Å². The summed E-state index contributed by atoms with van der Waals surface area (Å²) >= 11 is 10.9. The van der Waals surface area contributed by atoms with Crippen LogP contribution in [0, 0.1) is 17.0 Å². The third-order valence-corrected chi connectivity index (χ3v) is 3.41. The first-order chi connectivity index (χ1) is 10.9. The molecule has 0 aliphatic rings. The fraction of sp³-hybridized carbons (Fsp3) is 0.0714. The SMILES string of the molecule is Cc1ccc(C(=O)NC(=S)Nc2cccnc2Cl)cc1[N+](=O)[O-]. The Balaban J connectivity index is 2.10. The maximum absolute atomic E-state index is 12.1. The molecule has 7 nitrogen and oxygen atoms in total. The van der Waals surface area contributed by atoms with Crippen LogP contribution in [0.15, 0.2) is 36.5 Å². The summed E-state index contributed by atoms with van der Waals surface area (Å²) in [6.45, 7) is 1.59. The van der Waals surface area contributed by atoms with Crippen molar-refractivity contribution in [3.63, 3.8) is 0 Å². The number of anilines is 1. The van der Waals surface area contributed by atoms with Crippen molar-refractivity contribution in [2.24, 2.45) is 0 Å². The lowest BCUT2D eigenvalue weighted by atomic mass is 10.1. The molecule has 0 aliphatic carbocycles. The molecule has 0 atom stereocenters. The molecule has 1 aromatic heterocycles. The molecule has 0 saturated heterocycles. The van der Waals surface area contributed by atoms with Crippen LogP contribution in [0.5, 0.6) is 0 Å². The van der Waals surface area contributed by atoms with Crippen molar-refractivity contribution < 1.29 is 9.72 Å². The zero-order valence-corrected chi connectivity index (χ0v) is 13.4. The summed E-state index contributed by atoms with van der Waals surface area (Å²) in [4.78, 5) is 26.3. The quantitative estimate of drug-likeness (QED) is 0.382. The molecule has 9 heteroatoms. The number of hydrogen-bond donors (Lipinski definition) is 2. The number of nitro groups is 1. The molecule has 0 aliphatic heterocycles. The Hall–Kier alpha value is -2.58. The minimum atomic E-state index is -0.564. The number of thiocarbonyl (C=S) groups is 1. The minimum Gasteiger partial charge on any atom is -0.330 e. The summed E-state index contributed by atoms with van der Waals surface area (Å²) < 4.78 is 0. The zero-order valence-electron chi connectivity index (χ0n) is 11.9. The smallest absolute Gasteiger partial charge is 0.273 e. The van der Waals surface area contributed by atoms with Gasteiger partial charge >= 0.3 is 0 Å². The van der Waals surface area contributed by atoms with Crippen LogP contribution in [0.3, 0.4) is 0 Å². The molecule has 0 spiro atoms. The summed E-state index contributed by atoms with van der Waals surface area (Å²) in [5.74, 6) is -0.564. The van der Waals surface area contributed by atoms with Gasteiger partial charge < -0.3 is 5.32 Å². The number of nitrogens with one attached hydrogen (secondary N) is 2. The molecule has 0 radical (unpaired) electrons. The number of aryl methyl sites for hydroxylation is 1. The summed E-state index contributed by atoms with van der Waals surface area (Å²) in [6, 6.07) is 7.48. The Kier molecular flexibility index (Phi) is 5.20. The van der Waals surface area contributed by atoms with E-state index in [9.17, 15) is 14.9 Å². The van der Waals surface area contributed by atoms with Crippen LogP contribution < -0.4 is 10.6 Å². The maximum atomic E-state index is 12.1. The molecule has 118 valence electrons. The molecule has 0 saturated carbocycles. The van der Waals surface area contributed by atoms with Gasteiger partial charge in [-0.15, -0.1) is 0 Å². The average molecular weight is 351 g/mol. The number of amides is 1. The van der Waals surface area contributed by atoms with E-state index in [4.69, 9.17) is 23.8 Å². The molecule has 1 heterocycles. The van der Waals surface area contributed by atoms with E-state index in [2.05, 4.69) is 15.6 Å². The Morgan fingerprint density at radius 3 is 2.78 bits per heavy atom. The number of hydrogen-bond acceptors (Lipinski definition) is 5. The van der Waals surface area contributed by atoms with Crippen molar-refractivity contribution in [3.8, 4) is 0 Å². The molecule has 2 rings (SSSR count). The summed E-state index contributed by atoms with van der Waals surface area (Å²) in [5.41, 5.74) is 0.902.